The Morgan fingerprint density at radius 2 is 1.81 bits per heavy atom. The van der Waals surface area contributed by atoms with Crippen molar-refractivity contribution in [3.05, 3.63) is 53.6 Å². The van der Waals surface area contributed by atoms with Gasteiger partial charge >= 0.3 is 0 Å². The van der Waals surface area contributed by atoms with Gasteiger partial charge in [0, 0.05) is 5.39 Å². The molecule has 0 aromatic heterocycles. The molecule has 3 heteroatoms. The second kappa shape index (κ2) is 10.1. The van der Waals surface area contributed by atoms with E-state index in [2.05, 4.69) is 13.0 Å². The molecule has 0 amide bonds. The van der Waals surface area contributed by atoms with Crippen molar-refractivity contribution >= 4 is 10.8 Å². The van der Waals surface area contributed by atoms with Crippen molar-refractivity contribution in [3.63, 3.8) is 0 Å². The third-order valence-electron chi connectivity index (χ3n) is 7.74. The van der Waals surface area contributed by atoms with Crippen LogP contribution in [-0.4, -0.2) is 6.61 Å². The zero-order valence-electron chi connectivity index (χ0n) is 19.0. The minimum atomic E-state index is -0.886. The average Bonchev–Trinajstić information content (AvgIpc) is 2.80. The minimum Gasteiger partial charge on any atom is -0.486 e. The van der Waals surface area contributed by atoms with E-state index in [0.29, 0.717) is 16.7 Å². The van der Waals surface area contributed by atoms with Crippen LogP contribution in [0.4, 0.5) is 8.78 Å². The van der Waals surface area contributed by atoms with Crippen LogP contribution in [0.2, 0.25) is 0 Å². The molecule has 0 radical (unpaired) electrons. The standard InChI is InChI=1S/C28H36F2O/c1-3-5-7-19-8-9-21-16-22(11-10-20(21)15-19)23-12-13-24-18-26(31-14-6-4-2)28(30)27(29)25(24)17-23/h4,6,12-13,17-22H,3,5,7-11,14-16H2,1-2H3/b6-4+/t19?,20-,21?,22-/m1/s1. The van der Waals surface area contributed by atoms with Gasteiger partial charge in [-0.2, -0.15) is 4.39 Å². The molecule has 2 aliphatic rings. The third kappa shape index (κ3) is 4.96. The largest absolute Gasteiger partial charge is 0.486 e. The number of hydrogen-bond donors (Lipinski definition) is 0. The van der Waals surface area contributed by atoms with Crippen molar-refractivity contribution in [2.75, 3.05) is 6.61 Å². The van der Waals surface area contributed by atoms with E-state index in [1.165, 1.54) is 63.4 Å². The highest BCUT2D eigenvalue weighted by Crippen LogP contribution is 2.48. The first-order chi connectivity index (χ1) is 15.1. The fourth-order valence-electron chi connectivity index (χ4n) is 5.96. The quantitative estimate of drug-likeness (QED) is 0.403. The summed E-state index contributed by atoms with van der Waals surface area (Å²) in [6.07, 6.45) is 15.5. The summed E-state index contributed by atoms with van der Waals surface area (Å²) in [5.74, 6) is 1.37. The molecule has 0 bridgehead atoms. The Balaban J connectivity index is 1.48. The minimum absolute atomic E-state index is 0.0174. The maximum atomic E-state index is 14.9. The lowest BCUT2D eigenvalue weighted by Crippen LogP contribution is -2.30. The van der Waals surface area contributed by atoms with Crippen molar-refractivity contribution in [2.24, 2.45) is 17.8 Å². The van der Waals surface area contributed by atoms with Crippen LogP contribution in [0.25, 0.3) is 10.8 Å². The smallest absolute Gasteiger partial charge is 0.201 e. The molecule has 2 unspecified atom stereocenters. The summed E-state index contributed by atoms with van der Waals surface area (Å²) < 4.78 is 34.8. The summed E-state index contributed by atoms with van der Waals surface area (Å²) in [6, 6.07) is 7.56. The maximum absolute atomic E-state index is 14.9. The lowest BCUT2D eigenvalue weighted by Gasteiger charge is -2.42. The molecule has 2 fully saturated rings. The van der Waals surface area contributed by atoms with Crippen LogP contribution >= 0.6 is 0 Å². The Bertz CT molecular complexity index is 919. The summed E-state index contributed by atoms with van der Waals surface area (Å²) >= 11 is 0. The van der Waals surface area contributed by atoms with Gasteiger partial charge in [-0.1, -0.05) is 56.9 Å². The molecule has 1 nitrogen and oxygen atoms in total. The van der Waals surface area contributed by atoms with E-state index in [1.807, 2.05) is 25.1 Å². The third-order valence-corrected chi connectivity index (χ3v) is 7.74. The predicted molar refractivity (Wildman–Crippen MR) is 125 cm³/mol. The number of allylic oxidation sites excluding steroid dienone is 1. The number of fused-ring (bicyclic) bond motifs is 2. The normalized spacial score (nSPS) is 26.3. The number of benzene rings is 2. The van der Waals surface area contributed by atoms with Gasteiger partial charge in [-0.3, -0.25) is 0 Å². The predicted octanol–water partition coefficient (Wildman–Crippen LogP) is 8.56. The maximum Gasteiger partial charge on any atom is 0.201 e. The van der Waals surface area contributed by atoms with Gasteiger partial charge in [0.2, 0.25) is 5.82 Å². The van der Waals surface area contributed by atoms with E-state index in [-0.39, 0.29) is 12.4 Å². The van der Waals surface area contributed by atoms with Crippen LogP contribution in [0.5, 0.6) is 5.75 Å². The number of ether oxygens (including phenoxy) is 1. The number of unbranched alkanes of at least 4 members (excludes halogenated alkanes) is 1. The van der Waals surface area contributed by atoms with E-state index in [4.69, 9.17) is 4.74 Å². The summed E-state index contributed by atoms with van der Waals surface area (Å²) in [5, 5.41) is 1.07. The Labute approximate surface area is 185 Å². The fraction of sp³-hybridized carbons (Fsp3) is 0.571. The highest BCUT2D eigenvalue weighted by molar-refractivity contribution is 5.85. The zero-order chi connectivity index (χ0) is 21.8. The topological polar surface area (TPSA) is 9.23 Å². The molecule has 0 heterocycles. The first-order valence-corrected chi connectivity index (χ1v) is 12.3. The molecular weight excluding hydrogens is 390 g/mol. The summed E-state index contributed by atoms with van der Waals surface area (Å²) in [7, 11) is 0. The van der Waals surface area contributed by atoms with Crippen LogP contribution in [0.3, 0.4) is 0 Å². The average molecular weight is 427 g/mol. The van der Waals surface area contributed by atoms with Gasteiger partial charge < -0.3 is 4.74 Å². The molecule has 0 saturated heterocycles. The first kappa shape index (κ1) is 22.3. The SMILES string of the molecule is C/C=C/COc1cc2ccc([C@@H]3CC[C@@H]4CC(CCCC)CCC4C3)cc2c(F)c1F. The lowest BCUT2D eigenvalue weighted by molar-refractivity contribution is 0.113. The first-order valence-electron chi connectivity index (χ1n) is 12.3. The van der Waals surface area contributed by atoms with Crippen molar-refractivity contribution in [3.8, 4) is 5.75 Å². The Morgan fingerprint density at radius 3 is 2.61 bits per heavy atom. The van der Waals surface area contributed by atoms with Crippen molar-refractivity contribution in [2.45, 2.75) is 77.6 Å². The molecule has 4 rings (SSSR count). The molecule has 2 aromatic carbocycles. The molecule has 2 aromatic rings. The number of hydrogen-bond acceptors (Lipinski definition) is 1. The second-order valence-corrected chi connectivity index (χ2v) is 9.71. The van der Waals surface area contributed by atoms with Crippen molar-refractivity contribution in [1.29, 1.82) is 0 Å². The van der Waals surface area contributed by atoms with Gasteiger partial charge in [-0.05, 0) is 85.8 Å². The van der Waals surface area contributed by atoms with Gasteiger partial charge in [-0.15, -0.1) is 0 Å². The molecule has 31 heavy (non-hydrogen) atoms. The van der Waals surface area contributed by atoms with E-state index in [9.17, 15) is 8.78 Å². The van der Waals surface area contributed by atoms with Crippen LogP contribution in [-0.2, 0) is 0 Å². The zero-order valence-corrected chi connectivity index (χ0v) is 19.0. The number of rotatable bonds is 7. The van der Waals surface area contributed by atoms with E-state index in [0.717, 1.165) is 17.8 Å². The van der Waals surface area contributed by atoms with E-state index in [1.54, 1.807) is 12.1 Å². The molecule has 168 valence electrons. The summed E-state index contributed by atoms with van der Waals surface area (Å²) in [4.78, 5) is 0. The lowest BCUT2D eigenvalue weighted by atomic mass is 9.63. The summed E-state index contributed by atoms with van der Waals surface area (Å²) in [5.41, 5.74) is 1.17. The van der Waals surface area contributed by atoms with Crippen LogP contribution in [0.1, 0.15) is 83.1 Å². The van der Waals surface area contributed by atoms with Crippen LogP contribution in [0, 0.1) is 29.4 Å². The van der Waals surface area contributed by atoms with Crippen LogP contribution < -0.4 is 4.74 Å². The molecular formula is C28H36F2O. The van der Waals surface area contributed by atoms with E-state index >= 15 is 0 Å². The molecule has 2 saturated carbocycles. The van der Waals surface area contributed by atoms with E-state index < -0.39 is 11.6 Å². The fourth-order valence-corrected chi connectivity index (χ4v) is 5.96. The van der Waals surface area contributed by atoms with Gasteiger partial charge in [-0.25, -0.2) is 4.39 Å². The summed E-state index contributed by atoms with van der Waals surface area (Å²) in [6.45, 7) is 4.39. The van der Waals surface area contributed by atoms with Gasteiger partial charge in [0.25, 0.3) is 0 Å². The van der Waals surface area contributed by atoms with Gasteiger partial charge in [0.15, 0.2) is 11.6 Å². The van der Waals surface area contributed by atoms with Crippen molar-refractivity contribution < 1.29 is 13.5 Å². The molecule has 0 aliphatic heterocycles. The van der Waals surface area contributed by atoms with Crippen LogP contribution in [0.15, 0.2) is 36.4 Å². The Morgan fingerprint density at radius 1 is 1.00 bits per heavy atom. The molecule has 0 N–H and O–H groups in total. The Kier molecular flexibility index (Phi) is 7.30. The van der Waals surface area contributed by atoms with Gasteiger partial charge in [0.05, 0.1) is 0 Å². The van der Waals surface area contributed by atoms with Crippen molar-refractivity contribution in [1.82, 2.24) is 0 Å². The molecule has 2 aliphatic carbocycles. The number of halogens is 2. The monoisotopic (exact) mass is 426 g/mol. The molecule has 4 atom stereocenters. The Hall–Kier alpha value is -1.90. The highest BCUT2D eigenvalue weighted by Gasteiger charge is 2.35. The highest BCUT2D eigenvalue weighted by atomic mass is 19.2. The second-order valence-electron chi connectivity index (χ2n) is 9.71. The van der Waals surface area contributed by atoms with Gasteiger partial charge in [0.1, 0.15) is 6.61 Å². The molecule has 0 spiro atoms.